The minimum absolute atomic E-state index is 0.138. The molecule has 1 fully saturated rings. The minimum atomic E-state index is -4.89. The van der Waals surface area contributed by atoms with Gasteiger partial charge in [0.05, 0.1) is 5.56 Å². The third-order valence-corrected chi connectivity index (χ3v) is 4.36. The van der Waals surface area contributed by atoms with E-state index in [4.69, 9.17) is 18.9 Å². The first kappa shape index (κ1) is 22.4. The van der Waals surface area contributed by atoms with Gasteiger partial charge in [-0.1, -0.05) is 29.8 Å². The number of halogens is 3. The minimum Gasteiger partial charge on any atom is -0.459 e. The highest BCUT2D eigenvalue weighted by Gasteiger charge is 2.67. The summed E-state index contributed by atoms with van der Waals surface area (Å²) in [5.74, 6) is -2.15. The second kappa shape index (κ2) is 8.23. The summed E-state index contributed by atoms with van der Waals surface area (Å²) >= 11 is 0. The number of carbonyl (C=O) groups is 1. The van der Waals surface area contributed by atoms with Gasteiger partial charge in [0.2, 0.25) is 5.60 Å². The fraction of sp³-hybridized carbons (Fsp3) is 0.550. The van der Waals surface area contributed by atoms with Crippen molar-refractivity contribution in [3.8, 4) is 0 Å². The summed E-state index contributed by atoms with van der Waals surface area (Å²) in [6.07, 6.45) is -5.94. The first-order valence-electron chi connectivity index (χ1n) is 8.76. The number of carbonyl (C=O) groups excluding carboxylic acids is 1. The molecule has 2 rings (SSSR count). The number of esters is 1. The van der Waals surface area contributed by atoms with Gasteiger partial charge in [-0.15, -0.1) is 0 Å². The van der Waals surface area contributed by atoms with Gasteiger partial charge in [-0.3, -0.25) is 0 Å². The highest BCUT2D eigenvalue weighted by atomic mass is 19.4. The molecule has 0 amide bonds. The first-order chi connectivity index (χ1) is 12.9. The zero-order chi connectivity index (χ0) is 21.2. The van der Waals surface area contributed by atoms with Crippen molar-refractivity contribution in [1.29, 1.82) is 0 Å². The predicted octanol–water partition coefficient (Wildman–Crippen LogP) is 4.28. The molecule has 0 N–H and O–H groups in total. The summed E-state index contributed by atoms with van der Waals surface area (Å²) in [5, 5.41) is 0. The SMILES string of the molecule is CO[C@](COC(=O)c1ccccc1)([C@H]1OC(C)(C)O[C@H]1C=C(C)C)C(F)(F)F. The Balaban J connectivity index is 2.37. The summed E-state index contributed by atoms with van der Waals surface area (Å²) < 4.78 is 63.7. The summed E-state index contributed by atoms with van der Waals surface area (Å²) in [5.41, 5.74) is -2.01. The monoisotopic (exact) mass is 402 g/mol. The van der Waals surface area contributed by atoms with Crippen molar-refractivity contribution in [3.05, 3.63) is 47.5 Å². The summed E-state index contributed by atoms with van der Waals surface area (Å²) in [4.78, 5) is 12.2. The third kappa shape index (κ3) is 4.74. The normalized spacial score (nSPS) is 23.7. The molecule has 28 heavy (non-hydrogen) atoms. The van der Waals surface area contributed by atoms with Crippen LogP contribution in [0.1, 0.15) is 38.1 Å². The molecule has 1 aliphatic heterocycles. The van der Waals surface area contributed by atoms with Gasteiger partial charge in [-0.05, 0) is 39.8 Å². The second-order valence-electron chi connectivity index (χ2n) is 7.30. The molecule has 156 valence electrons. The van der Waals surface area contributed by atoms with Crippen molar-refractivity contribution < 1.29 is 36.9 Å². The van der Waals surface area contributed by atoms with Crippen molar-refractivity contribution in [2.24, 2.45) is 0 Å². The van der Waals surface area contributed by atoms with E-state index in [9.17, 15) is 18.0 Å². The molecule has 8 heteroatoms. The fourth-order valence-electron chi connectivity index (χ4n) is 3.05. The zero-order valence-electron chi connectivity index (χ0n) is 16.5. The van der Waals surface area contributed by atoms with E-state index in [-0.39, 0.29) is 5.56 Å². The average molecular weight is 402 g/mol. The number of alkyl halides is 3. The molecule has 3 atom stereocenters. The Morgan fingerprint density at radius 2 is 1.79 bits per heavy atom. The molecule has 1 saturated heterocycles. The van der Waals surface area contributed by atoms with E-state index < -0.39 is 42.3 Å². The van der Waals surface area contributed by atoms with E-state index >= 15 is 0 Å². The number of hydrogen-bond donors (Lipinski definition) is 0. The predicted molar refractivity (Wildman–Crippen MR) is 95.8 cm³/mol. The average Bonchev–Trinajstić information content (AvgIpc) is 2.89. The standard InChI is InChI=1S/C20H25F3O5/c1-13(2)11-15-16(28-18(3,4)27-15)19(25-5,20(21,22)23)12-26-17(24)14-9-7-6-8-10-14/h6-11,15-16H,12H2,1-5H3/t15-,16-,19+/m0/s1. The molecule has 1 heterocycles. The molecule has 0 bridgehead atoms. The van der Waals surface area contributed by atoms with Gasteiger partial charge in [0.1, 0.15) is 18.8 Å². The van der Waals surface area contributed by atoms with Gasteiger partial charge in [0, 0.05) is 7.11 Å². The molecule has 0 radical (unpaired) electrons. The Hall–Kier alpha value is -1.90. The Labute approximate surface area is 162 Å². The molecule has 0 saturated carbocycles. The van der Waals surface area contributed by atoms with Crippen molar-refractivity contribution in [1.82, 2.24) is 0 Å². The lowest BCUT2D eigenvalue weighted by Gasteiger charge is -2.39. The largest absolute Gasteiger partial charge is 0.459 e. The number of ether oxygens (including phenoxy) is 4. The third-order valence-electron chi connectivity index (χ3n) is 4.36. The number of benzene rings is 1. The van der Waals surface area contributed by atoms with Crippen molar-refractivity contribution >= 4 is 5.97 Å². The van der Waals surface area contributed by atoms with Gasteiger partial charge in [-0.2, -0.15) is 13.2 Å². The molecule has 0 spiro atoms. The van der Waals surface area contributed by atoms with Gasteiger partial charge in [0.15, 0.2) is 5.79 Å². The maximum Gasteiger partial charge on any atom is 0.423 e. The van der Waals surface area contributed by atoms with E-state index in [1.54, 1.807) is 32.0 Å². The molecule has 1 aliphatic rings. The topological polar surface area (TPSA) is 54.0 Å². The summed E-state index contributed by atoms with van der Waals surface area (Å²) in [7, 11) is 0.915. The lowest BCUT2D eigenvalue weighted by atomic mass is 9.91. The highest BCUT2D eigenvalue weighted by molar-refractivity contribution is 5.89. The molecule has 0 aliphatic carbocycles. The smallest absolute Gasteiger partial charge is 0.423 e. The highest BCUT2D eigenvalue weighted by Crippen LogP contribution is 2.45. The lowest BCUT2D eigenvalue weighted by Crippen LogP contribution is -2.62. The van der Waals surface area contributed by atoms with Gasteiger partial charge in [0.25, 0.3) is 0 Å². The Bertz CT molecular complexity index is 710. The van der Waals surface area contributed by atoms with Crippen LogP contribution in [0, 0.1) is 0 Å². The molecule has 1 aromatic rings. The Morgan fingerprint density at radius 1 is 1.18 bits per heavy atom. The fourth-order valence-corrected chi connectivity index (χ4v) is 3.05. The van der Waals surface area contributed by atoms with Crippen LogP contribution >= 0.6 is 0 Å². The lowest BCUT2D eigenvalue weighted by molar-refractivity contribution is -0.316. The zero-order valence-corrected chi connectivity index (χ0v) is 16.5. The van der Waals surface area contributed by atoms with Crippen LogP contribution in [0.15, 0.2) is 42.0 Å². The van der Waals surface area contributed by atoms with Crippen molar-refractivity contribution in [2.75, 3.05) is 13.7 Å². The maximum absolute atomic E-state index is 14.2. The van der Waals surface area contributed by atoms with Crippen LogP contribution in [0.4, 0.5) is 13.2 Å². The van der Waals surface area contributed by atoms with E-state index in [2.05, 4.69) is 0 Å². The van der Waals surface area contributed by atoms with Crippen LogP contribution in [-0.4, -0.2) is 49.5 Å². The summed E-state index contributed by atoms with van der Waals surface area (Å²) in [6.45, 7) is 5.45. The van der Waals surface area contributed by atoms with Crippen molar-refractivity contribution in [2.45, 2.75) is 57.5 Å². The van der Waals surface area contributed by atoms with E-state index in [0.717, 1.165) is 12.7 Å². The first-order valence-corrected chi connectivity index (χ1v) is 8.76. The van der Waals surface area contributed by atoms with Crippen molar-refractivity contribution in [3.63, 3.8) is 0 Å². The number of hydrogen-bond acceptors (Lipinski definition) is 5. The molecular formula is C20H25F3O5. The van der Waals surface area contributed by atoms with Crippen LogP contribution in [0.25, 0.3) is 0 Å². The van der Waals surface area contributed by atoms with Crippen LogP contribution in [-0.2, 0) is 18.9 Å². The van der Waals surface area contributed by atoms with Gasteiger partial charge in [-0.25, -0.2) is 4.79 Å². The molecule has 0 aromatic heterocycles. The van der Waals surface area contributed by atoms with E-state index in [1.807, 2.05) is 0 Å². The molecule has 1 aromatic carbocycles. The van der Waals surface area contributed by atoms with E-state index in [1.165, 1.54) is 32.1 Å². The Kier molecular flexibility index (Phi) is 6.58. The van der Waals surface area contributed by atoms with Crippen LogP contribution in [0.2, 0.25) is 0 Å². The van der Waals surface area contributed by atoms with Gasteiger partial charge < -0.3 is 18.9 Å². The van der Waals surface area contributed by atoms with Gasteiger partial charge >= 0.3 is 12.1 Å². The maximum atomic E-state index is 14.2. The number of allylic oxidation sites excluding steroid dienone is 1. The molecular weight excluding hydrogens is 377 g/mol. The quantitative estimate of drug-likeness (QED) is 0.525. The van der Waals surface area contributed by atoms with Crippen LogP contribution in [0.5, 0.6) is 0 Å². The van der Waals surface area contributed by atoms with E-state index in [0.29, 0.717) is 0 Å². The summed E-state index contributed by atoms with van der Waals surface area (Å²) in [6, 6.07) is 7.77. The number of rotatable bonds is 6. The molecule has 5 nitrogen and oxygen atoms in total. The second-order valence-corrected chi connectivity index (χ2v) is 7.30. The van der Waals surface area contributed by atoms with Crippen LogP contribution < -0.4 is 0 Å². The molecule has 0 unspecified atom stereocenters. The van der Waals surface area contributed by atoms with Crippen LogP contribution in [0.3, 0.4) is 0 Å². The Morgan fingerprint density at radius 3 is 2.29 bits per heavy atom. The number of methoxy groups -OCH3 is 1.